The zero-order valence-corrected chi connectivity index (χ0v) is 14.5. The van der Waals surface area contributed by atoms with Crippen molar-refractivity contribution in [2.24, 2.45) is 5.16 Å². The Labute approximate surface area is 142 Å². The van der Waals surface area contributed by atoms with Crippen molar-refractivity contribution in [3.05, 3.63) is 52.6 Å². The van der Waals surface area contributed by atoms with Crippen LogP contribution in [-0.4, -0.2) is 31.7 Å². The van der Waals surface area contributed by atoms with Crippen LogP contribution in [0.2, 0.25) is 0 Å². The summed E-state index contributed by atoms with van der Waals surface area (Å²) in [4.78, 5) is 0. The molecule has 0 aliphatic heterocycles. The standard InChI is InChI=1S/C19H23NO4/c1-13-10-14(2)15(3)18(11-13)23-8-9-24-19-16(12-20-21)6-5-7-17(19)22-4/h5-7,10-12,21H,8-9H2,1-4H3. The van der Waals surface area contributed by atoms with E-state index in [2.05, 4.69) is 18.1 Å². The van der Waals surface area contributed by atoms with Gasteiger partial charge in [0, 0.05) is 5.56 Å². The molecule has 0 saturated carbocycles. The highest BCUT2D eigenvalue weighted by Crippen LogP contribution is 2.30. The Morgan fingerprint density at radius 2 is 1.79 bits per heavy atom. The van der Waals surface area contributed by atoms with Crippen LogP contribution in [0.1, 0.15) is 22.3 Å². The normalized spacial score (nSPS) is 10.8. The highest BCUT2D eigenvalue weighted by Gasteiger charge is 2.10. The molecule has 0 radical (unpaired) electrons. The number of nitrogens with zero attached hydrogens (tertiary/aromatic N) is 1. The molecule has 2 aromatic rings. The van der Waals surface area contributed by atoms with E-state index in [0.29, 0.717) is 30.3 Å². The van der Waals surface area contributed by atoms with E-state index < -0.39 is 0 Å². The average molecular weight is 329 g/mol. The van der Waals surface area contributed by atoms with Gasteiger partial charge in [-0.2, -0.15) is 0 Å². The van der Waals surface area contributed by atoms with Crippen LogP contribution in [0.25, 0.3) is 0 Å². The second kappa shape index (κ2) is 8.24. The lowest BCUT2D eigenvalue weighted by Crippen LogP contribution is -2.11. The molecule has 0 atom stereocenters. The largest absolute Gasteiger partial charge is 0.493 e. The molecule has 1 N–H and O–H groups in total. The summed E-state index contributed by atoms with van der Waals surface area (Å²) in [5.41, 5.74) is 4.14. The quantitative estimate of drug-likeness (QED) is 0.362. The number of rotatable bonds is 7. The molecule has 0 aliphatic carbocycles. The Morgan fingerprint density at radius 3 is 2.50 bits per heavy atom. The predicted octanol–water partition coefficient (Wildman–Crippen LogP) is 3.89. The second-order valence-corrected chi connectivity index (χ2v) is 5.53. The van der Waals surface area contributed by atoms with Gasteiger partial charge in [-0.25, -0.2) is 0 Å². The summed E-state index contributed by atoms with van der Waals surface area (Å²) in [5.74, 6) is 1.97. The van der Waals surface area contributed by atoms with Gasteiger partial charge >= 0.3 is 0 Å². The summed E-state index contributed by atoms with van der Waals surface area (Å²) in [6.45, 7) is 6.91. The maximum absolute atomic E-state index is 8.76. The zero-order chi connectivity index (χ0) is 17.5. The Bertz CT molecular complexity index is 726. The number of oxime groups is 1. The second-order valence-electron chi connectivity index (χ2n) is 5.53. The van der Waals surface area contributed by atoms with Crippen molar-refractivity contribution < 1.29 is 19.4 Å². The maximum Gasteiger partial charge on any atom is 0.170 e. The Balaban J connectivity index is 2.03. The van der Waals surface area contributed by atoms with Gasteiger partial charge < -0.3 is 19.4 Å². The molecule has 5 heteroatoms. The number of hydrogen-bond acceptors (Lipinski definition) is 5. The first-order chi connectivity index (χ1) is 11.6. The molecular weight excluding hydrogens is 306 g/mol. The molecule has 0 spiro atoms. The first-order valence-corrected chi connectivity index (χ1v) is 7.74. The van der Waals surface area contributed by atoms with Crippen molar-refractivity contribution in [2.45, 2.75) is 20.8 Å². The summed E-state index contributed by atoms with van der Waals surface area (Å²) in [7, 11) is 1.57. The Kier molecular flexibility index (Phi) is 6.07. The van der Waals surface area contributed by atoms with Crippen LogP contribution in [-0.2, 0) is 0 Å². The van der Waals surface area contributed by atoms with Gasteiger partial charge in [0.1, 0.15) is 19.0 Å². The number of para-hydroxylation sites is 1. The van der Waals surface area contributed by atoms with E-state index in [1.54, 1.807) is 25.3 Å². The molecule has 2 rings (SSSR count). The third kappa shape index (κ3) is 4.19. The minimum absolute atomic E-state index is 0.346. The van der Waals surface area contributed by atoms with Gasteiger partial charge in [-0.15, -0.1) is 0 Å². The van der Waals surface area contributed by atoms with Crippen LogP contribution in [0.15, 0.2) is 35.5 Å². The molecule has 5 nitrogen and oxygen atoms in total. The number of ether oxygens (including phenoxy) is 3. The third-order valence-electron chi connectivity index (χ3n) is 3.78. The predicted molar refractivity (Wildman–Crippen MR) is 94.0 cm³/mol. The molecule has 0 fully saturated rings. The number of aryl methyl sites for hydroxylation is 2. The van der Waals surface area contributed by atoms with Gasteiger partial charge in [-0.3, -0.25) is 0 Å². The Morgan fingerprint density at radius 1 is 1.04 bits per heavy atom. The average Bonchev–Trinajstić information content (AvgIpc) is 2.56. The van der Waals surface area contributed by atoms with Gasteiger partial charge in [-0.05, 0) is 55.7 Å². The zero-order valence-electron chi connectivity index (χ0n) is 14.5. The van der Waals surface area contributed by atoms with E-state index in [4.69, 9.17) is 19.4 Å². The fraction of sp³-hybridized carbons (Fsp3) is 0.316. The smallest absolute Gasteiger partial charge is 0.170 e. The molecule has 0 amide bonds. The molecule has 0 heterocycles. The van der Waals surface area contributed by atoms with Crippen molar-refractivity contribution in [3.8, 4) is 17.2 Å². The molecule has 0 aliphatic rings. The third-order valence-corrected chi connectivity index (χ3v) is 3.78. The van der Waals surface area contributed by atoms with E-state index in [1.807, 2.05) is 19.9 Å². The topological polar surface area (TPSA) is 60.3 Å². The molecule has 0 bridgehead atoms. The summed E-state index contributed by atoms with van der Waals surface area (Å²) in [6.07, 6.45) is 1.31. The van der Waals surface area contributed by atoms with Crippen LogP contribution in [0.5, 0.6) is 17.2 Å². The number of hydrogen-bond donors (Lipinski definition) is 1. The number of benzene rings is 2. The summed E-state index contributed by atoms with van der Waals surface area (Å²) in [5, 5.41) is 11.8. The molecular formula is C19H23NO4. The first kappa shape index (κ1) is 17.7. The molecule has 128 valence electrons. The van der Waals surface area contributed by atoms with E-state index >= 15 is 0 Å². The molecule has 24 heavy (non-hydrogen) atoms. The summed E-state index contributed by atoms with van der Waals surface area (Å²) >= 11 is 0. The lowest BCUT2D eigenvalue weighted by atomic mass is 10.1. The van der Waals surface area contributed by atoms with Crippen LogP contribution in [0, 0.1) is 20.8 Å². The number of methoxy groups -OCH3 is 1. The van der Waals surface area contributed by atoms with Gasteiger partial charge in [0.05, 0.1) is 13.3 Å². The van der Waals surface area contributed by atoms with E-state index in [1.165, 1.54) is 17.3 Å². The molecule has 0 saturated heterocycles. The first-order valence-electron chi connectivity index (χ1n) is 7.74. The maximum atomic E-state index is 8.76. The van der Waals surface area contributed by atoms with E-state index in [9.17, 15) is 0 Å². The fourth-order valence-electron chi connectivity index (χ4n) is 2.46. The molecule has 0 aromatic heterocycles. The van der Waals surface area contributed by atoms with Crippen LogP contribution >= 0.6 is 0 Å². The van der Waals surface area contributed by atoms with Gasteiger partial charge in [0.2, 0.25) is 0 Å². The van der Waals surface area contributed by atoms with Gasteiger partial charge in [-0.1, -0.05) is 17.3 Å². The minimum atomic E-state index is 0.346. The summed E-state index contributed by atoms with van der Waals surface area (Å²) in [6, 6.07) is 9.53. The monoisotopic (exact) mass is 329 g/mol. The van der Waals surface area contributed by atoms with Gasteiger partial charge in [0.25, 0.3) is 0 Å². The minimum Gasteiger partial charge on any atom is -0.493 e. The van der Waals surface area contributed by atoms with Crippen molar-refractivity contribution >= 4 is 6.21 Å². The fourth-order valence-corrected chi connectivity index (χ4v) is 2.46. The van der Waals surface area contributed by atoms with Crippen molar-refractivity contribution in [3.63, 3.8) is 0 Å². The highest BCUT2D eigenvalue weighted by molar-refractivity contribution is 5.84. The van der Waals surface area contributed by atoms with Crippen LogP contribution in [0.3, 0.4) is 0 Å². The lowest BCUT2D eigenvalue weighted by molar-refractivity contribution is 0.210. The van der Waals surface area contributed by atoms with Crippen molar-refractivity contribution in [1.82, 2.24) is 0 Å². The molecule has 2 aromatic carbocycles. The van der Waals surface area contributed by atoms with E-state index in [0.717, 1.165) is 11.3 Å². The van der Waals surface area contributed by atoms with Crippen molar-refractivity contribution in [2.75, 3.05) is 20.3 Å². The highest BCUT2D eigenvalue weighted by atomic mass is 16.5. The van der Waals surface area contributed by atoms with Crippen LogP contribution in [0.4, 0.5) is 0 Å². The van der Waals surface area contributed by atoms with E-state index in [-0.39, 0.29) is 0 Å². The Hall–Kier alpha value is -2.69. The molecule has 0 unspecified atom stereocenters. The SMILES string of the molecule is COc1cccc(C=NO)c1OCCOc1cc(C)cc(C)c1C. The van der Waals surface area contributed by atoms with Crippen LogP contribution < -0.4 is 14.2 Å². The van der Waals surface area contributed by atoms with Crippen molar-refractivity contribution in [1.29, 1.82) is 0 Å². The lowest BCUT2D eigenvalue weighted by Gasteiger charge is -2.15. The summed E-state index contributed by atoms with van der Waals surface area (Å²) < 4.78 is 16.9. The van der Waals surface area contributed by atoms with Gasteiger partial charge in [0.15, 0.2) is 11.5 Å².